The van der Waals surface area contributed by atoms with Gasteiger partial charge in [0.15, 0.2) is 23.0 Å². The summed E-state index contributed by atoms with van der Waals surface area (Å²) in [5.74, 6) is 1.50. The molecule has 2 saturated heterocycles. The van der Waals surface area contributed by atoms with Gasteiger partial charge in [-0.1, -0.05) is 91.5 Å². The van der Waals surface area contributed by atoms with Gasteiger partial charge >= 0.3 is 12.2 Å². The fourth-order valence-electron chi connectivity index (χ4n) is 8.60. The Hall–Kier alpha value is -4.39. The lowest BCUT2D eigenvalue weighted by Crippen LogP contribution is -2.52. The van der Waals surface area contributed by atoms with E-state index in [0.717, 1.165) is 47.9 Å². The molecule has 2 saturated carbocycles. The number of H-pyrrole nitrogens is 2. The number of hydrogen-bond donors (Lipinski definition) is 5. The van der Waals surface area contributed by atoms with Crippen LogP contribution in [0.3, 0.4) is 0 Å². The zero-order chi connectivity index (χ0) is 42.1. The minimum absolute atomic E-state index is 0.0898. The molecule has 60 heavy (non-hydrogen) atoms. The zero-order valence-electron chi connectivity index (χ0n) is 33.1. The van der Waals surface area contributed by atoms with E-state index in [1.165, 1.54) is 30.1 Å². The summed E-state index contributed by atoms with van der Waals surface area (Å²) in [6, 6.07) is 13.8. The zero-order valence-corrected chi connectivity index (χ0v) is 36.8. The highest BCUT2D eigenvalue weighted by Crippen LogP contribution is 2.53. The molecule has 8 rings (SSSR count). The molecule has 18 heteroatoms. The highest BCUT2D eigenvalue weighted by Gasteiger charge is 2.56. The van der Waals surface area contributed by atoms with Gasteiger partial charge in [-0.15, -0.1) is 0 Å². The predicted molar refractivity (Wildman–Crippen MR) is 232 cm³/mol. The van der Waals surface area contributed by atoms with E-state index < -0.39 is 30.3 Å². The van der Waals surface area contributed by atoms with Gasteiger partial charge < -0.3 is 43.4 Å². The van der Waals surface area contributed by atoms with E-state index in [9.17, 15) is 19.2 Å². The van der Waals surface area contributed by atoms with Crippen LogP contribution in [-0.4, -0.2) is 87.3 Å². The number of likely N-dealkylation sites (tertiary alicyclic amines) is 1. The number of fused-ring (bicyclic) bond motifs is 1. The number of hydrogen-bond acceptors (Lipinski definition) is 9. The van der Waals surface area contributed by atoms with Crippen LogP contribution in [0.4, 0.5) is 9.59 Å². The average molecular weight is 974 g/mol. The number of piperidine rings is 1. The molecule has 2 aliphatic carbocycles. The van der Waals surface area contributed by atoms with Crippen LogP contribution in [0.15, 0.2) is 48.5 Å². The summed E-state index contributed by atoms with van der Waals surface area (Å²) in [5.41, 5.74) is 4.77. The number of halogens is 3. The van der Waals surface area contributed by atoms with Crippen LogP contribution in [-0.2, 0) is 22.1 Å². The number of carbonyl (C=O) groups is 4. The van der Waals surface area contributed by atoms with Crippen LogP contribution in [0.1, 0.15) is 82.0 Å². The van der Waals surface area contributed by atoms with Gasteiger partial charge in [0.1, 0.15) is 45.4 Å². The summed E-state index contributed by atoms with van der Waals surface area (Å²) < 4.78 is 15.1. The highest BCUT2D eigenvalue weighted by molar-refractivity contribution is 14.1. The van der Waals surface area contributed by atoms with E-state index in [4.69, 9.17) is 45.7 Å². The summed E-state index contributed by atoms with van der Waals surface area (Å²) in [4.78, 5) is 69.7. The topological polar surface area (TPSA) is 193 Å². The van der Waals surface area contributed by atoms with Crippen molar-refractivity contribution in [3.05, 3.63) is 70.5 Å². The van der Waals surface area contributed by atoms with E-state index in [-0.39, 0.29) is 29.8 Å². The largest absolute Gasteiger partial charge is 0.453 e. The molecule has 4 heterocycles. The first-order valence-electron chi connectivity index (χ1n) is 20.4. The molecule has 6 atom stereocenters. The number of methoxy groups -OCH3 is 1. The third-order valence-corrected chi connectivity index (χ3v) is 13.1. The molecule has 4 aromatic rings. The maximum Gasteiger partial charge on any atom is 0.417 e. The first-order valence-corrected chi connectivity index (χ1v) is 22.0. The molecule has 5 N–H and O–H groups in total. The first-order chi connectivity index (χ1) is 29.0. The van der Waals surface area contributed by atoms with Crippen molar-refractivity contribution in [2.45, 2.75) is 88.5 Å². The first kappa shape index (κ1) is 42.3. The van der Waals surface area contributed by atoms with Gasteiger partial charge in [-0.2, -0.15) is 0 Å². The third kappa shape index (κ3) is 9.26. The number of benzene rings is 2. The molecule has 15 nitrogen and oxygen atoms in total. The summed E-state index contributed by atoms with van der Waals surface area (Å²) in [6.07, 6.45) is 4.99. The minimum Gasteiger partial charge on any atom is -0.453 e. The average Bonchev–Trinajstić information content (AvgIpc) is 4.13. The maximum absolute atomic E-state index is 13.8. The molecular weight excluding hydrogens is 926 g/mol. The van der Waals surface area contributed by atoms with Crippen molar-refractivity contribution < 1.29 is 31.7 Å². The maximum atomic E-state index is 13.8. The van der Waals surface area contributed by atoms with Crippen LogP contribution >= 0.6 is 46.2 Å². The van der Waals surface area contributed by atoms with Crippen molar-refractivity contribution in [2.24, 2.45) is 17.8 Å². The van der Waals surface area contributed by atoms with Crippen LogP contribution in [0.25, 0.3) is 33.6 Å². The summed E-state index contributed by atoms with van der Waals surface area (Å²) >= 11 is 15.0. The van der Waals surface area contributed by atoms with Gasteiger partial charge in [0, 0.05) is 30.4 Å². The molecule has 0 unspecified atom stereocenters. The lowest BCUT2D eigenvalue weighted by Gasteiger charge is -2.30. The number of alkyl carbamates (subject to hydrolysis) is 1. The van der Waals surface area contributed by atoms with Crippen molar-refractivity contribution in [3.8, 4) is 33.6 Å². The molecule has 2 aliphatic heterocycles. The monoisotopic (exact) mass is 972 g/mol. The van der Waals surface area contributed by atoms with E-state index >= 15 is 0 Å². The summed E-state index contributed by atoms with van der Waals surface area (Å²) in [5, 5.41) is 9.32. The van der Waals surface area contributed by atoms with Gasteiger partial charge in [0.25, 0.3) is 0 Å². The number of ether oxygens (including phenoxy) is 2. The van der Waals surface area contributed by atoms with Gasteiger partial charge in [0.2, 0.25) is 11.8 Å². The lowest BCUT2D eigenvalue weighted by atomic mass is 9.91. The summed E-state index contributed by atoms with van der Waals surface area (Å²) in [7, 11) is 1.28. The Labute approximate surface area is 371 Å². The molecule has 2 aromatic carbocycles. The third-order valence-electron chi connectivity index (χ3n) is 12.1. The van der Waals surface area contributed by atoms with Gasteiger partial charge in [-0.3, -0.25) is 9.59 Å². The predicted octanol–water partition coefficient (Wildman–Crippen LogP) is 8.07. The number of aromatic nitrogens is 4. The number of aromatic amines is 2. The highest BCUT2D eigenvalue weighted by atomic mass is 127. The summed E-state index contributed by atoms with van der Waals surface area (Å²) in [6.45, 7) is 2.90. The Kier molecular flexibility index (Phi) is 12.9. The fourth-order valence-corrected chi connectivity index (χ4v) is 9.23. The second kappa shape index (κ2) is 18.3. The molecule has 4 fully saturated rings. The Bertz CT molecular complexity index is 2210. The number of rotatable bonds is 14. The van der Waals surface area contributed by atoms with Crippen molar-refractivity contribution in [3.63, 3.8) is 0 Å². The minimum atomic E-state index is -0.776. The van der Waals surface area contributed by atoms with E-state index in [1.807, 2.05) is 60.4 Å². The van der Waals surface area contributed by atoms with Crippen LogP contribution in [0.5, 0.6) is 0 Å². The lowest BCUT2D eigenvalue weighted by molar-refractivity contribution is -0.135. The number of nitrogens with zero attached hydrogens (tertiary/aromatic N) is 3. The van der Waals surface area contributed by atoms with Gasteiger partial charge in [-0.05, 0) is 67.4 Å². The van der Waals surface area contributed by atoms with E-state index in [1.54, 1.807) is 0 Å². The molecule has 0 spiro atoms. The second-order valence-corrected chi connectivity index (χ2v) is 17.3. The number of amides is 4. The SMILES string of the molecule is CC[C@H](NC(=O)OC)C(=O)N1[C@@H]2C[C@@H]2C[C@H]1c1nc(-c2ccc(-c3ccc(-c4nc([C@H](CC5CC5)NC(=O)[C@@H](NC(=O)OI)C5CCOCC5)[nH]c4Cl)cc3)cc2)c(Cl)[nH]1. The normalized spacial score (nSPS) is 21.4. The smallest absolute Gasteiger partial charge is 0.417 e. The van der Waals surface area contributed by atoms with Crippen LogP contribution < -0.4 is 16.0 Å². The molecular formula is C42H47Cl2IN8O7. The molecule has 318 valence electrons. The van der Waals surface area contributed by atoms with Crippen LogP contribution in [0, 0.1) is 17.8 Å². The van der Waals surface area contributed by atoms with Crippen molar-refractivity contribution in [1.29, 1.82) is 0 Å². The molecule has 2 aromatic heterocycles. The van der Waals surface area contributed by atoms with Crippen LogP contribution in [0.2, 0.25) is 10.3 Å². The second-order valence-electron chi connectivity index (χ2n) is 16.1. The molecule has 4 amide bonds. The molecule has 0 radical (unpaired) electrons. The molecule has 0 bridgehead atoms. The quantitative estimate of drug-likeness (QED) is 0.0778. The van der Waals surface area contributed by atoms with Gasteiger partial charge in [-0.25, -0.2) is 19.6 Å². The Balaban J connectivity index is 0.952. The van der Waals surface area contributed by atoms with Crippen molar-refractivity contribution in [2.75, 3.05) is 20.3 Å². The fraction of sp³-hybridized carbons (Fsp3) is 0.476. The Morgan fingerprint density at radius 3 is 2.07 bits per heavy atom. The van der Waals surface area contributed by atoms with Crippen molar-refractivity contribution >= 4 is 70.2 Å². The standard InChI is InChI=1S/C42H47Cl2IN8O7/c1-3-28(47-41(56)58-2)40(55)53-30-19-27(30)20-31(53)38-49-33(36(44)52-38)25-12-8-23(9-13-25)22-6-10-24(11-7-22)32-35(43)51-37(48-32)29(18-21-4-5-21)46-39(54)34(50-42(57)60-45)26-14-16-59-17-15-26/h6-13,21,26-31,34H,3-5,14-20H2,1-2H3,(H,46,54)(H,47,56)(H,48,51)(H,49,52)(H,50,57)/t27-,28+,29+,30-,31+,34+/m1/s1. The van der Waals surface area contributed by atoms with E-state index in [0.29, 0.717) is 84.1 Å². The number of imidazole rings is 2. The van der Waals surface area contributed by atoms with Crippen molar-refractivity contribution in [1.82, 2.24) is 40.8 Å². The van der Waals surface area contributed by atoms with Gasteiger partial charge in [0.05, 0.1) is 19.2 Å². The Morgan fingerprint density at radius 2 is 1.47 bits per heavy atom. The molecule has 4 aliphatic rings. The van der Waals surface area contributed by atoms with E-state index in [2.05, 4.69) is 25.9 Å². The number of carbonyl (C=O) groups excluding carboxylic acids is 4. The Morgan fingerprint density at radius 1 is 0.850 bits per heavy atom. The number of nitrogens with one attached hydrogen (secondary N) is 5.